The first-order valence-corrected chi connectivity index (χ1v) is 7.90. The first-order valence-electron chi connectivity index (χ1n) is 7.11. The van der Waals surface area contributed by atoms with E-state index in [0.29, 0.717) is 24.8 Å². The van der Waals surface area contributed by atoms with Crippen LogP contribution in [0.4, 0.5) is 0 Å². The molecule has 1 aliphatic carbocycles. The molecule has 4 nitrogen and oxygen atoms in total. The van der Waals surface area contributed by atoms with E-state index in [2.05, 4.69) is 20.9 Å². The molecule has 1 aliphatic rings. The fourth-order valence-corrected chi connectivity index (χ4v) is 2.75. The second-order valence-corrected chi connectivity index (χ2v) is 6.00. The van der Waals surface area contributed by atoms with Crippen molar-refractivity contribution in [3.05, 3.63) is 22.8 Å². The van der Waals surface area contributed by atoms with Gasteiger partial charge in [0.25, 0.3) is 0 Å². The van der Waals surface area contributed by atoms with Crippen LogP contribution in [0.5, 0.6) is 5.88 Å². The number of hydrogen-bond donors (Lipinski definition) is 0. The summed E-state index contributed by atoms with van der Waals surface area (Å²) in [6.07, 6.45) is 6.46. The zero-order valence-electron chi connectivity index (χ0n) is 11.7. The number of ether oxygens (including phenoxy) is 2. The summed E-state index contributed by atoms with van der Waals surface area (Å²) in [5.74, 6) is 1.03. The number of hydrogen-bond acceptors (Lipinski definition) is 4. The lowest BCUT2D eigenvalue weighted by Crippen LogP contribution is -2.26. The minimum atomic E-state index is -0.0774. The van der Waals surface area contributed by atoms with E-state index in [0.717, 1.165) is 30.2 Å². The van der Waals surface area contributed by atoms with Crippen molar-refractivity contribution in [3.8, 4) is 5.88 Å². The molecule has 1 saturated carbocycles. The topological polar surface area (TPSA) is 48.4 Å². The summed E-state index contributed by atoms with van der Waals surface area (Å²) in [5.41, 5.74) is 0. The van der Waals surface area contributed by atoms with Gasteiger partial charge in [-0.25, -0.2) is 4.98 Å². The van der Waals surface area contributed by atoms with Crippen LogP contribution in [0.25, 0.3) is 0 Å². The number of nitrogens with zero attached hydrogens (tertiary/aromatic N) is 1. The molecule has 0 saturated heterocycles. The summed E-state index contributed by atoms with van der Waals surface area (Å²) >= 11 is 3.35. The molecule has 0 spiro atoms. The first-order chi connectivity index (χ1) is 9.67. The zero-order valence-corrected chi connectivity index (χ0v) is 13.3. The van der Waals surface area contributed by atoms with Crippen molar-refractivity contribution in [3.63, 3.8) is 0 Å². The lowest BCUT2D eigenvalue weighted by atomic mass is 9.85. The number of rotatable bonds is 5. The predicted octanol–water partition coefficient (Wildman–Crippen LogP) is 3.73. The molecule has 0 radical (unpaired) electrons. The summed E-state index contributed by atoms with van der Waals surface area (Å²) in [6, 6.07) is 3.80. The molecule has 1 heterocycles. The smallest absolute Gasteiger partial charge is 0.306 e. The van der Waals surface area contributed by atoms with Gasteiger partial charge < -0.3 is 9.47 Å². The third kappa shape index (κ3) is 4.78. The molecule has 0 amide bonds. The van der Waals surface area contributed by atoms with Crippen molar-refractivity contribution in [2.24, 2.45) is 5.92 Å². The highest BCUT2D eigenvalue weighted by Crippen LogP contribution is 2.29. The summed E-state index contributed by atoms with van der Waals surface area (Å²) in [5, 5.41) is 0. The van der Waals surface area contributed by atoms with Crippen molar-refractivity contribution in [2.75, 3.05) is 6.61 Å². The molecular formula is C15H20BrNO3. The largest absolute Gasteiger partial charge is 0.474 e. The molecule has 2 rings (SSSR count). The highest BCUT2D eigenvalue weighted by molar-refractivity contribution is 9.10. The van der Waals surface area contributed by atoms with Crippen molar-refractivity contribution in [1.82, 2.24) is 4.98 Å². The molecule has 0 N–H and O–H groups in total. The van der Waals surface area contributed by atoms with E-state index >= 15 is 0 Å². The van der Waals surface area contributed by atoms with Crippen LogP contribution in [0.15, 0.2) is 22.8 Å². The highest BCUT2D eigenvalue weighted by atomic mass is 79.9. The quantitative estimate of drug-likeness (QED) is 0.765. The minimum Gasteiger partial charge on any atom is -0.474 e. The Morgan fingerprint density at radius 3 is 2.70 bits per heavy atom. The van der Waals surface area contributed by atoms with Crippen molar-refractivity contribution < 1.29 is 14.3 Å². The number of aromatic nitrogens is 1. The maximum absolute atomic E-state index is 11.4. The second kappa shape index (κ2) is 7.62. The number of pyridine rings is 1. The van der Waals surface area contributed by atoms with Crippen LogP contribution in [-0.2, 0) is 9.53 Å². The minimum absolute atomic E-state index is 0.0774. The molecule has 0 bridgehead atoms. The van der Waals surface area contributed by atoms with E-state index in [-0.39, 0.29) is 12.1 Å². The van der Waals surface area contributed by atoms with Crippen molar-refractivity contribution in [1.29, 1.82) is 0 Å². The third-order valence-corrected chi connectivity index (χ3v) is 4.01. The lowest BCUT2D eigenvalue weighted by molar-refractivity contribution is -0.144. The van der Waals surface area contributed by atoms with Gasteiger partial charge in [-0.05, 0) is 60.5 Å². The molecule has 0 aromatic carbocycles. The Kier molecular flexibility index (Phi) is 5.83. The average Bonchev–Trinajstić information content (AvgIpc) is 2.44. The van der Waals surface area contributed by atoms with E-state index in [9.17, 15) is 4.79 Å². The van der Waals surface area contributed by atoms with Crippen LogP contribution in [0, 0.1) is 5.92 Å². The van der Waals surface area contributed by atoms with Crippen molar-refractivity contribution >= 4 is 21.9 Å². The van der Waals surface area contributed by atoms with Crippen LogP contribution in [0.1, 0.15) is 39.0 Å². The van der Waals surface area contributed by atoms with Gasteiger partial charge >= 0.3 is 5.97 Å². The summed E-state index contributed by atoms with van der Waals surface area (Å²) in [6.45, 7) is 2.31. The summed E-state index contributed by atoms with van der Waals surface area (Å²) in [4.78, 5) is 15.7. The molecular weight excluding hydrogens is 322 g/mol. The molecule has 1 aromatic rings. The predicted molar refractivity (Wildman–Crippen MR) is 79.6 cm³/mol. The number of carbonyl (C=O) groups is 1. The SMILES string of the molecule is CCOC(=O)CC1CCC(Oc2ccc(Br)cn2)CC1. The first kappa shape index (κ1) is 15.3. The Morgan fingerprint density at radius 2 is 2.10 bits per heavy atom. The number of esters is 1. The van der Waals surface area contributed by atoms with E-state index in [1.165, 1.54) is 0 Å². The normalized spacial score (nSPS) is 22.3. The van der Waals surface area contributed by atoms with Crippen LogP contribution in [-0.4, -0.2) is 23.7 Å². The molecule has 1 aromatic heterocycles. The van der Waals surface area contributed by atoms with E-state index in [1.54, 1.807) is 6.20 Å². The molecule has 0 unspecified atom stereocenters. The van der Waals surface area contributed by atoms with E-state index < -0.39 is 0 Å². The Bertz CT molecular complexity index is 427. The maximum atomic E-state index is 11.4. The summed E-state index contributed by atoms with van der Waals surface area (Å²) in [7, 11) is 0. The standard InChI is InChI=1S/C15H20BrNO3/c1-2-19-15(18)9-11-3-6-13(7-4-11)20-14-8-5-12(16)10-17-14/h5,8,10-11,13H,2-4,6-7,9H2,1H3. The average molecular weight is 342 g/mol. The van der Waals surface area contributed by atoms with Gasteiger partial charge in [0.05, 0.1) is 6.61 Å². The van der Waals surface area contributed by atoms with Gasteiger partial charge in [-0.3, -0.25) is 4.79 Å². The van der Waals surface area contributed by atoms with Crippen LogP contribution < -0.4 is 4.74 Å². The molecule has 5 heteroatoms. The van der Waals surface area contributed by atoms with Crippen molar-refractivity contribution in [2.45, 2.75) is 45.1 Å². The lowest BCUT2D eigenvalue weighted by Gasteiger charge is -2.28. The van der Waals surface area contributed by atoms with Gasteiger partial charge in [0.1, 0.15) is 6.10 Å². The molecule has 1 fully saturated rings. The van der Waals surface area contributed by atoms with Crippen LogP contribution in [0.3, 0.4) is 0 Å². The van der Waals surface area contributed by atoms with E-state index in [4.69, 9.17) is 9.47 Å². The molecule has 0 aliphatic heterocycles. The van der Waals surface area contributed by atoms with Gasteiger partial charge in [0.2, 0.25) is 5.88 Å². The number of carbonyl (C=O) groups excluding carboxylic acids is 1. The van der Waals surface area contributed by atoms with Gasteiger partial charge in [0.15, 0.2) is 0 Å². The Labute approximate surface area is 128 Å². The van der Waals surface area contributed by atoms with Gasteiger partial charge in [0, 0.05) is 23.2 Å². The Morgan fingerprint density at radius 1 is 1.35 bits per heavy atom. The molecule has 20 heavy (non-hydrogen) atoms. The molecule has 0 atom stereocenters. The van der Waals surface area contributed by atoms with Gasteiger partial charge in [-0.2, -0.15) is 0 Å². The maximum Gasteiger partial charge on any atom is 0.306 e. The summed E-state index contributed by atoms with van der Waals surface area (Å²) < 4.78 is 11.8. The van der Waals surface area contributed by atoms with E-state index in [1.807, 2.05) is 19.1 Å². The molecule has 110 valence electrons. The zero-order chi connectivity index (χ0) is 14.4. The fourth-order valence-electron chi connectivity index (χ4n) is 2.51. The van der Waals surface area contributed by atoms with Crippen LogP contribution >= 0.6 is 15.9 Å². The monoisotopic (exact) mass is 341 g/mol. The fraction of sp³-hybridized carbons (Fsp3) is 0.600. The Balaban J connectivity index is 1.74. The van der Waals surface area contributed by atoms with Crippen LogP contribution in [0.2, 0.25) is 0 Å². The second-order valence-electron chi connectivity index (χ2n) is 5.08. The number of halogens is 1. The third-order valence-electron chi connectivity index (χ3n) is 3.54. The van der Waals surface area contributed by atoms with Gasteiger partial charge in [-0.15, -0.1) is 0 Å². The Hall–Kier alpha value is -1.10. The highest BCUT2D eigenvalue weighted by Gasteiger charge is 2.24. The van der Waals surface area contributed by atoms with Gasteiger partial charge in [-0.1, -0.05) is 0 Å².